The summed E-state index contributed by atoms with van der Waals surface area (Å²) >= 11 is 6.22. The first-order valence-electron chi connectivity index (χ1n) is 10.7. The summed E-state index contributed by atoms with van der Waals surface area (Å²) in [6.45, 7) is 0.0595. The van der Waals surface area contributed by atoms with E-state index >= 15 is 4.39 Å². The molecule has 0 amide bonds. The van der Waals surface area contributed by atoms with Gasteiger partial charge in [0.2, 0.25) is 0 Å². The maximum absolute atomic E-state index is 15.5. The minimum absolute atomic E-state index is 0.0161. The highest BCUT2D eigenvalue weighted by atomic mass is 35.5. The Kier molecular flexibility index (Phi) is 5.52. The number of hydrogen-bond donors (Lipinski definition) is 2. The third kappa shape index (κ3) is 3.71. The molecule has 1 saturated carbocycles. The van der Waals surface area contributed by atoms with Crippen molar-refractivity contribution < 1.29 is 9.13 Å². The van der Waals surface area contributed by atoms with E-state index in [9.17, 15) is 10.1 Å². The molecule has 5 rings (SSSR count). The topological polar surface area (TPSA) is 123 Å². The molecule has 1 aliphatic carbocycles. The summed E-state index contributed by atoms with van der Waals surface area (Å²) in [4.78, 5) is 12.5. The van der Waals surface area contributed by atoms with Crippen molar-refractivity contribution >= 4 is 22.4 Å². The monoisotopic (exact) mass is 488 g/mol. The fourth-order valence-electron chi connectivity index (χ4n) is 4.11. The highest BCUT2D eigenvalue weighted by Gasteiger charge is 2.30. The van der Waals surface area contributed by atoms with Crippen LogP contribution in [0.4, 0.5) is 4.39 Å². The molecule has 174 valence electrons. The maximum atomic E-state index is 15.5. The molecule has 0 radical (unpaired) electrons. The van der Waals surface area contributed by atoms with Gasteiger partial charge < -0.3 is 10.5 Å². The average molecular weight is 489 g/mol. The van der Waals surface area contributed by atoms with Gasteiger partial charge in [0.05, 0.1) is 39.7 Å². The lowest BCUT2D eigenvalue weighted by molar-refractivity contribution is 0.302. The maximum Gasteiger partial charge on any atom is 0.273 e. The highest BCUT2D eigenvalue weighted by Crippen LogP contribution is 2.43. The third-order valence-electron chi connectivity index (χ3n) is 5.92. The quantitative estimate of drug-likeness (QED) is 0.413. The summed E-state index contributed by atoms with van der Waals surface area (Å²) in [5.41, 5.74) is 7.46. The average Bonchev–Trinajstić information content (AvgIpc) is 3.59. The lowest BCUT2D eigenvalue weighted by Gasteiger charge is -2.15. The first-order valence-corrected chi connectivity index (χ1v) is 11.1. The van der Waals surface area contributed by atoms with E-state index in [0.717, 1.165) is 12.8 Å². The Morgan fingerprint density at radius 1 is 1.40 bits per heavy atom. The highest BCUT2D eigenvalue weighted by molar-refractivity contribution is 6.31. The number of H-pyrrole nitrogens is 1. The number of halogens is 2. The number of aromatic amines is 1. The lowest BCUT2D eigenvalue weighted by Crippen LogP contribution is -2.14. The number of aryl methyl sites for hydroxylation is 1. The number of nitrogens with two attached hydrogens (primary N) is 1. The molecule has 8 nitrogen and oxygen atoms in total. The molecule has 0 unspecified atom stereocenters. The van der Waals surface area contributed by atoms with Gasteiger partial charge in [0.25, 0.3) is 5.56 Å². The Balaban J connectivity index is 1.82. The normalized spacial score (nSPS) is 13.0. The lowest BCUT2D eigenvalue weighted by atomic mass is 9.93. The Morgan fingerprint density at radius 3 is 2.83 bits per heavy atom. The van der Waals surface area contributed by atoms with Gasteiger partial charge in [0.1, 0.15) is 17.4 Å². The van der Waals surface area contributed by atoms with E-state index in [2.05, 4.69) is 27.3 Å². The van der Waals surface area contributed by atoms with Gasteiger partial charge in [0, 0.05) is 36.2 Å². The van der Waals surface area contributed by atoms with Crippen LogP contribution in [0.5, 0.6) is 5.75 Å². The SMILES string of the molecule is C#Cc1cc(-c2cnn(C)c2-c2c(F)c(Cl)cc(OC3CC3)c2C#N)cc2c(CN)n[nH]c(=O)c12. The molecule has 0 atom stereocenters. The van der Waals surface area contributed by atoms with E-state index in [-0.39, 0.29) is 39.9 Å². The van der Waals surface area contributed by atoms with Crippen molar-refractivity contribution in [1.29, 1.82) is 5.26 Å². The smallest absolute Gasteiger partial charge is 0.273 e. The number of hydrogen-bond acceptors (Lipinski definition) is 6. The van der Waals surface area contributed by atoms with Crippen LogP contribution < -0.4 is 16.0 Å². The van der Waals surface area contributed by atoms with Crippen LogP contribution in [-0.2, 0) is 13.6 Å². The zero-order valence-electron chi connectivity index (χ0n) is 18.5. The van der Waals surface area contributed by atoms with Crippen molar-refractivity contribution in [3.63, 3.8) is 0 Å². The second-order valence-electron chi connectivity index (χ2n) is 8.17. The van der Waals surface area contributed by atoms with Crippen LogP contribution in [0.3, 0.4) is 0 Å². The van der Waals surface area contributed by atoms with Crippen LogP contribution in [0.2, 0.25) is 5.02 Å². The second kappa shape index (κ2) is 8.55. The van der Waals surface area contributed by atoms with Gasteiger partial charge in [-0.05, 0) is 30.5 Å². The van der Waals surface area contributed by atoms with E-state index in [4.69, 9.17) is 28.5 Å². The molecular formula is C25H18ClFN6O2. The van der Waals surface area contributed by atoms with Crippen molar-refractivity contribution in [2.75, 3.05) is 0 Å². The molecule has 2 aromatic heterocycles. The van der Waals surface area contributed by atoms with E-state index in [1.165, 1.54) is 16.9 Å². The first kappa shape index (κ1) is 22.6. The van der Waals surface area contributed by atoms with Gasteiger partial charge >= 0.3 is 0 Å². The van der Waals surface area contributed by atoms with Crippen LogP contribution in [0.1, 0.15) is 29.7 Å². The Labute approximate surface area is 204 Å². The van der Waals surface area contributed by atoms with Crippen LogP contribution in [0.25, 0.3) is 33.2 Å². The van der Waals surface area contributed by atoms with Gasteiger partial charge in [0.15, 0.2) is 5.82 Å². The molecule has 1 aliphatic rings. The Bertz CT molecular complexity index is 1660. The molecule has 2 aromatic carbocycles. The van der Waals surface area contributed by atoms with Gasteiger partial charge in [-0.2, -0.15) is 15.5 Å². The molecule has 0 saturated heterocycles. The Hall–Kier alpha value is -4.18. The number of nitriles is 1. The molecule has 2 heterocycles. The summed E-state index contributed by atoms with van der Waals surface area (Å²) < 4.78 is 22.8. The molecule has 0 aliphatic heterocycles. The molecule has 0 bridgehead atoms. The molecular weight excluding hydrogens is 471 g/mol. The molecule has 4 aromatic rings. The number of terminal acetylenes is 1. The van der Waals surface area contributed by atoms with Crippen LogP contribution in [0, 0.1) is 29.5 Å². The van der Waals surface area contributed by atoms with Gasteiger partial charge in [-0.25, -0.2) is 9.49 Å². The predicted molar refractivity (Wildman–Crippen MR) is 129 cm³/mol. The fourth-order valence-corrected chi connectivity index (χ4v) is 4.31. The van der Waals surface area contributed by atoms with Gasteiger partial charge in [-0.1, -0.05) is 17.5 Å². The number of benzene rings is 2. The molecule has 0 spiro atoms. The summed E-state index contributed by atoms with van der Waals surface area (Å²) in [5, 5.41) is 21.3. The first-order chi connectivity index (χ1) is 16.9. The number of nitrogens with zero attached hydrogens (tertiary/aromatic N) is 4. The van der Waals surface area contributed by atoms with Crippen LogP contribution in [0.15, 0.2) is 29.2 Å². The fraction of sp³-hybridized carbons (Fsp3) is 0.200. The van der Waals surface area contributed by atoms with E-state index in [1.54, 1.807) is 19.2 Å². The van der Waals surface area contributed by atoms with E-state index in [0.29, 0.717) is 33.5 Å². The summed E-state index contributed by atoms with van der Waals surface area (Å²) in [6, 6.07) is 6.73. The predicted octanol–water partition coefficient (Wildman–Crippen LogP) is 3.64. The third-order valence-corrected chi connectivity index (χ3v) is 6.19. The standard InChI is InChI=1S/C25H18ClFN6O2/c1-3-12-6-13(7-15-19(10-29)31-32-25(34)21(12)15)17-11-30-33(2)24(17)22-16(9-28)20(35-14-4-5-14)8-18(26)23(22)27/h1,6-8,11,14H,4-5,10,29H2,2H3,(H,32,34). The number of aromatic nitrogens is 4. The van der Waals surface area contributed by atoms with Crippen molar-refractivity contribution in [3.05, 3.63) is 62.4 Å². The molecule has 3 N–H and O–H groups in total. The summed E-state index contributed by atoms with van der Waals surface area (Å²) in [5.74, 6) is 1.98. The number of rotatable bonds is 5. The zero-order chi connectivity index (χ0) is 24.9. The van der Waals surface area contributed by atoms with Crippen LogP contribution in [-0.4, -0.2) is 26.1 Å². The minimum Gasteiger partial charge on any atom is -0.489 e. The van der Waals surface area contributed by atoms with E-state index in [1.807, 2.05) is 0 Å². The van der Waals surface area contributed by atoms with Crippen molar-refractivity contribution in [2.45, 2.75) is 25.5 Å². The minimum atomic E-state index is -0.769. The number of ether oxygens (including phenoxy) is 1. The zero-order valence-corrected chi connectivity index (χ0v) is 19.3. The largest absolute Gasteiger partial charge is 0.489 e. The van der Waals surface area contributed by atoms with Gasteiger partial charge in [-0.15, -0.1) is 6.42 Å². The van der Waals surface area contributed by atoms with Crippen molar-refractivity contribution in [3.8, 4) is 46.5 Å². The molecule has 35 heavy (non-hydrogen) atoms. The summed E-state index contributed by atoms with van der Waals surface area (Å²) in [7, 11) is 1.63. The summed E-state index contributed by atoms with van der Waals surface area (Å²) in [6.07, 6.45) is 8.94. The molecule has 10 heteroatoms. The van der Waals surface area contributed by atoms with E-state index < -0.39 is 11.4 Å². The van der Waals surface area contributed by atoms with Crippen molar-refractivity contribution in [2.24, 2.45) is 12.8 Å². The second-order valence-corrected chi connectivity index (χ2v) is 8.58. The van der Waals surface area contributed by atoms with Crippen molar-refractivity contribution in [1.82, 2.24) is 20.0 Å². The number of nitrogens with one attached hydrogen (secondary N) is 1. The number of fused-ring (bicyclic) bond motifs is 1. The Morgan fingerprint density at radius 2 is 2.17 bits per heavy atom. The van der Waals surface area contributed by atoms with Crippen LogP contribution >= 0.6 is 11.6 Å². The van der Waals surface area contributed by atoms with Gasteiger partial charge in [-0.3, -0.25) is 9.48 Å². The molecule has 1 fully saturated rings.